The maximum Gasteiger partial charge on any atom is 0.257 e. The van der Waals surface area contributed by atoms with Crippen molar-refractivity contribution in [2.24, 2.45) is 5.92 Å². The van der Waals surface area contributed by atoms with Gasteiger partial charge in [-0.05, 0) is 36.5 Å². The van der Waals surface area contributed by atoms with Crippen molar-refractivity contribution in [3.63, 3.8) is 0 Å². The highest BCUT2D eigenvalue weighted by Gasteiger charge is 2.32. The summed E-state index contributed by atoms with van der Waals surface area (Å²) in [6.45, 7) is 1.36. The lowest BCUT2D eigenvalue weighted by atomic mass is 9.87. The molecule has 1 amide bonds. The Morgan fingerprint density at radius 3 is 2.80 bits per heavy atom. The van der Waals surface area contributed by atoms with Gasteiger partial charge in [-0.2, -0.15) is 0 Å². The molecule has 5 heteroatoms. The Bertz CT molecular complexity index is 705. The second kappa shape index (κ2) is 8.12. The van der Waals surface area contributed by atoms with Crippen LogP contribution in [0.4, 0.5) is 5.82 Å². The second-order valence-electron chi connectivity index (χ2n) is 6.41. The number of nitrogens with one attached hydrogen (secondary N) is 1. The first-order valence-electron chi connectivity index (χ1n) is 8.71. The molecule has 3 rings (SSSR count). The molecule has 1 fully saturated rings. The quantitative estimate of drug-likeness (QED) is 0.910. The fourth-order valence-corrected chi connectivity index (χ4v) is 3.51. The number of methoxy groups -OCH3 is 1. The number of hydrogen-bond donors (Lipinski definition) is 1. The summed E-state index contributed by atoms with van der Waals surface area (Å²) in [5.41, 5.74) is 1.93. The summed E-state index contributed by atoms with van der Waals surface area (Å²) in [6, 6.07) is 14.1. The number of carbonyl (C=O) groups is 1. The number of hydrogen-bond acceptors (Lipinski definition) is 4. The van der Waals surface area contributed by atoms with Crippen LogP contribution in [0.15, 0.2) is 48.7 Å². The normalized spacial score (nSPS) is 20.3. The van der Waals surface area contributed by atoms with Crippen LogP contribution in [0.1, 0.15) is 22.3 Å². The van der Waals surface area contributed by atoms with Gasteiger partial charge in [0.25, 0.3) is 5.91 Å². The maximum atomic E-state index is 12.9. The van der Waals surface area contributed by atoms with Crippen molar-refractivity contribution in [1.82, 2.24) is 9.88 Å². The predicted octanol–water partition coefficient (Wildman–Crippen LogP) is 2.84. The van der Waals surface area contributed by atoms with E-state index in [4.69, 9.17) is 4.74 Å². The Kier molecular flexibility index (Phi) is 5.66. The number of rotatable bonds is 5. The number of amides is 1. The first kappa shape index (κ1) is 17.4. The summed E-state index contributed by atoms with van der Waals surface area (Å²) in [5, 5.41) is 2.99. The fraction of sp³-hybridized carbons (Fsp3) is 0.400. The van der Waals surface area contributed by atoms with Crippen molar-refractivity contribution in [2.45, 2.75) is 18.9 Å². The van der Waals surface area contributed by atoms with Crippen LogP contribution in [0, 0.1) is 5.92 Å². The van der Waals surface area contributed by atoms with Crippen LogP contribution in [0.25, 0.3) is 0 Å². The van der Waals surface area contributed by atoms with Gasteiger partial charge in [-0.3, -0.25) is 4.79 Å². The van der Waals surface area contributed by atoms with Crippen molar-refractivity contribution in [1.29, 1.82) is 0 Å². The molecular formula is C20H25N3O2. The third-order valence-corrected chi connectivity index (χ3v) is 4.90. The minimum Gasteiger partial charge on any atom is -0.379 e. The lowest BCUT2D eigenvalue weighted by Gasteiger charge is -2.38. The van der Waals surface area contributed by atoms with E-state index in [0.717, 1.165) is 19.4 Å². The third kappa shape index (κ3) is 3.99. The maximum absolute atomic E-state index is 12.9. The van der Waals surface area contributed by atoms with Gasteiger partial charge in [0.15, 0.2) is 0 Å². The van der Waals surface area contributed by atoms with E-state index in [-0.39, 0.29) is 12.0 Å². The summed E-state index contributed by atoms with van der Waals surface area (Å²) < 4.78 is 5.72. The Hall–Kier alpha value is -2.40. The zero-order valence-corrected chi connectivity index (χ0v) is 14.8. The molecule has 1 aromatic carbocycles. The van der Waals surface area contributed by atoms with Crippen LogP contribution in [0.2, 0.25) is 0 Å². The van der Waals surface area contributed by atoms with Gasteiger partial charge in [0.2, 0.25) is 0 Å². The molecule has 0 spiro atoms. The molecule has 1 saturated heterocycles. The number of likely N-dealkylation sites (tertiary alicyclic amines) is 1. The summed E-state index contributed by atoms with van der Waals surface area (Å²) >= 11 is 0. The summed E-state index contributed by atoms with van der Waals surface area (Å²) in [4.78, 5) is 19.0. The first-order chi connectivity index (χ1) is 12.2. The molecule has 2 atom stereocenters. The molecule has 0 saturated carbocycles. The minimum absolute atomic E-state index is 0.0117. The van der Waals surface area contributed by atoms with Gasteiger partial charge in [-0.25, -0.2) is 4.98 Å². The van der Waals surface area contributed by atoms with Gasteiger partial charge in [-0.15, -0.1) is 0 Å². The molecule has 0 unspecified atom stereocenters. The largest absolute Gasteiger partial charge is 0.379 e. The number of carbonyl (C=O) groups excluding carboxylic acids is 1. The Morgan fingerprint density at radius 2 is 2.08 bits per heavy atom. The molecule has 132 valence electrons. The Balaban J connectivity index is 1.69. The molecule has 5 nitrogen and oxygen atoms in total. The van der Waals surface area contributed by atoms with Crippen molar-refractivity contribution in [3.8, 4) is 0 Å². The topological polar surface area (TPSA) is 54.5 Å². The van der Waals surface area contributed by atoms with Gasteiger partial charge in [0, 0.05) is 33.4 Å². The van der Waals surface area contributed by atoms with Gasteiger partial charge >= 0.3 is 0 Å². The van der Waals surface area contributed by atoms with E-state index in [0.29, 0.717) is 23.8 Å². The van der Waals surface area contributed by atoms with E-state index in [2.05, 4.69) is 34.6 Å². The fourth-order valence-electron chi connectivity index (χ4n) is 3.51. The summed E-state index contributed by atoms with van der Waals surface area (Å²) in [7, 11) is 3.52. The predicted molar refractivity (Wildman–Crippen MR) is 98.7 cm³/mol. The number of benzene rings is 1. The van der Waals surface area contributed by atoms with E-state index in [9.17, 15) is 4.79 Å². The lowest BCUT2D eigenvalue weighted by molar-refractivity contribution is -0.00694. The Morgan fingerprint density at radius 1 is 1.28 bits per heavy atom. The highest BCUT2D eigenvalue weighted by molar-refractivity contribution is 5.98. The van der Waals surface area contributed by atoms with Gasteiger partial charge in [-0.1, -0.05) is 30.3 Å². The highest BCUT2D eigenvalue weighted by atomic mass is 16.5. The van der Waals surface area contributed by atoms with Crippen molar-refractivity contribution < 1.29 is 9.53 Å². The van der Waals surface area contributed by atoms with Gasteiger partial charge in [0.05, 0.1) is 11.7 Å². The molecule has 1 aliphatic rings. The first-order valence-corrected chi connectivity index (χ1v) is 8.71. The summed E-state index contributed by atoms with van der Waals surface area (Å²) in [5.74, 6) is 1.06. The van der Waals surface area contributed by atoms with Crippen molar-refractivity contribution in [3.05, 3.63) is 59.8 Å². The lowest BCUT2D eigenvalue weighted by Crippen LogP contribution is -2.48. The number of pyridine rings is 1. The molecule has 2 aromatic rings. The molecule has 0 radical (unpaired) electrons. The summed E-state index contributed by atoms with van der Waals surface area (Å²) in [6.07, 6.45) is 3.66. The standard InChI is InChI=1S/C20H25N3O2/c1-21-19-17(9-6-11-22-19)20(24)23-12-10-16(18(14-23)25-2)13-15-7-4-3-5-8-15/h3-9,11,16,18H,10,12-14H2,1-2H3,(H,21,22)/t16-,18+/m1/s1. The van der Waals surface area contributed by atoms with Gasteiger partial charge < -0.3 is 15.0 Å². The zero-order valence-electron chi connectivity index (χ0n) is 14.8. The second-order valence-corrected chi connectivity index (χ2v) is 6.41. The van der Waals surface area contributed by atoms with Crippen LogP contribution in [-0.2, 0) is 11.2 Å². The van der Waals surface area contributed by atoms with E-state index in [1.807, 2.05) is 17.0 Å². The number of nitrogens with zero attached hydrogens (tertiary/aromatic N) is 2. The molecule has 2 heterocycles. The molecule has 1 aromatic heterocycles. The van der Waals surface area contributed by atoms with E-state index >= 15 is 0 Å². The van der Waals surface area contributed by atoms with Crippen LogP contribution >= 0.6 is 0 Å². The van der Waals surface area contributed by atoms with Crippen molar-refractivity contribution >= 4 is 11.7 Å². The number of anilines is 1. The monoisotopic (exact) mass is 339 g/mol. The third-order valence-electron chi connectivity index (χ3n) is 4.90. The smallest absolute Gasteiger partial charge is 0.257 e. The number of piperidine rings is 1. The minimum atomic E-state index is 0.0117. The van der Waals surface area contributed by atoms with Crippen molar-refractivity contribution in [2.75, 3.05) is 32.6 Å². The number of aromatic nitrogens is 1. The average molecular weight is 339 g/mol. The van der Waals surface area contributed by atoms with Crippen LogP contribution in [0.3, 0.4) is 0 Å². The highest BCUT2D eigenvalue weighted by Crippen LogP contribution is 2.26. The molecule has 1 aliphatic heterocycles. The van der Waals surface area contributed by atoms with E-state index < -0.39 is 0 Å². The van der Waals surface area contributed by atoms with Crippen LogP contribution in [0.5, 0.6) is 0 Å². The molecule has 0 bridgehead atoms. The SMILES string of the molecule is CNc1ncccc1C(=O)N1CC[C@H](Cc2ccccc2)[C@@H](OC)C1. The Labute approximate surface area is 149 Å². The molecule has 0 aliphatic carbocycles. The van der Waals surface area contributed by atoms with E-state index in [1.165, 1.54) is 5.56 Å². The molecular weight excluding hydrogens is 314 g/mol. The van der Waals surface area contributed by atoms with Crippen LogP contribution < -0.4 is 5.32 Å². The molecule has 25 heavy (non-hydrogen) atoms. The van der Waals surface area contributed by atoms with E-state index in [1.54, 1.807) is 26.4 Å². The number of ether oxygens (including phenoxy) is 1. The molecule has 1 N–H and O–H groups in total. The van der Waals surface area contributed by atoms with Crippen LogP contribution in [-0.4, -0.2) is 49.1 Å². The zero-order chi connectivity index (χ0) is 17.6. The van der Waals surface area contributed by atoms with Gasteiger partial charge in [0.1, 0.15) is 5.82 Å². The average Bonchev–Trinajstić information content (AvgIpc) is 2.68.